The van der Waals surface area contributed by atoms with Gasteiger partial charge in [-0.1, -0.05) is 39.5 Å². The van der Waals surface area contributed by atoms with Gasteiger partial charge in [-0.2, -0.15) is 0 Å². The van der Waals surface area contributed by atoms with Crippen molar-refractivity contribution in [2.75, 3.05) is 13.1 Å². The molecule has 0 aromatic heterocycles. The minimum Gasteiger partial charge on any atom is -0.330 e. The van der Waals surface area contributed by atoms with Gasteiger partial charge in [0.2, 0.25) is 0 Å². The van der Waals surface area contributed by atoms with E-state index in [1.165, 1.54) is 64.3 Å². The van der Waals surface area contributed by atoms with Crippen molar-refractivity contribution in [2.45, 2.75) is 83.7 Å². The smallest absolute Gasteiger partial charge is 0.0141 e. The molecule has 0 spiro atoms. The fraction of sp³-hybridized carbons (Fsp3) is 1.00. The van der Waals surface area contributed by atoms with Gasteiger partial charge in [0.25, 0.3) is 0 Å². The molecule has 2 nitrogen and oxygen atoms in total. The van der Waals surface area contributed by atoms with E-state index < -0.39 is 0 Å². The van der Waals surface area contributed by atoms with Gasteiger partial charge in [0, 0.05) is 12.1 Å². The number of hydrogen-bond donors (Lipinski definition) is 1. The second-order valence-electron chi connectivity index (χ2n) is 6.83. The van der Waals surface area contributed by atoms with Gasteiger partial charge in [0.15, 0.2) is 0 Å². The van der Waals surface area contributed by atoms with Crippen molar-refractivity contribution in [3.05, 3.63) is 0 Å². The Balaban J connectivity index is 2.03. The molecule has 2 fully saturated rings. The number of rotatable bonds is 5. The number of nitrogens with zero attached hydrogens (tertiary/aromatic N) is 1. The lowest BCUT2D eigenvalue weighted by atomic mass is 9.75. The van der Waals surface area contributed by atoms with Crippen molar-refractivity contribution in [3.8, 4) is 0 Å². The molecule has 1 saturated heterocycles. The van der Waals surface area contributed by atoms with E-state index in [1.54, 1.807) is 0 Å². The zero-order valence-corrected chi connectivity index (χ0v) is 13.1. The molecule has 0 amide bonds. The van der Waals surface area contributed by atoms with Gasteiger partial charge in [0.1, 0.15) is 0 Å². The summed E-state index contributed by atoms with van der Waals surface area (Å²) in [6.45, 7) is 6.93. The lowest BCUT2D eigenvalue weighted by Gasteiger charge is -2.47. The Bertz CT molecular complexity index is 254. The molecule has 112 valence electrons. The molecule has 2 aliphatic rings. The van der Waals surface area contributed by atoms with E-state index in [1.807, 2.05) is 0 Å². The van der Waals surface area contributed by atoms with E-state index in [0.29, 0.717) is 0 Å². The van der Waals surface area contributed by atoms with Crippen LogP contribution in [0, 0.1) is 11.8 Å². The molecule has 4 unspecified atom stereocenters. The maximum atomic E-state index is 6.08. The van der Waals surface area contributed by atoms with Crippen molar-refractivity contribution < 1.29 is 0 Å². The van der Waals surface area contributed by atoms with E-state index in [4.69, 9.17) is 5.73 Å². The summed E-state index contributed by atoms with van der Waals surface area (Å²) >= 11 is 0. The van der Waals surface area contributed by atoms with Crippen molar-refractivity contribution in [1.82, 2.24) is 4.90 Å². The van der Waals surface area contributed by atoms with E-state index >= 15 is 0 Å². The van der Waals surface area contributed by atoms with E-state index in [9.17, 15) is 0 Å². The first-order valence-electron chi connectivity index (χ1n) is 8.75. The monoisotopic (exact) mass is 266 g/mol. The van der Waals surface area contributed by atoms with Crippen LogP contribution >= 0.6 is 0 Å². The highest BCUT2D eigenvalue weighted by Gasteiger charge is 2.36. The Morgan fingerprint density at radius 2 is 1.95 bits per heavy atom. The number of piperidine rings is 1. The van der Waals surface area contributed by atoms with E-state index in [-0.39, 0.29) is 0 Å². The third-order valence-electron chi connectivity index (χ3n) is 5.63. The summed E-state index contributed by atoms with van der Waals surface area (Å²) in [7, 11) is 0. The Hall–Kier alpha value is -0.0800. The topological polar surface area (TPSA) is 29.3 Å². The summed E-state index contributed by atoms with van der Waals surface area (Å²) in [5.74, 6) is 1.73. The summed E-state index contributed by atoms with van der Waals surface area (Å²) in [4.78, 5) is 2.86. The number of hydrogen-bond acceptors (Lipinski definition) is 2. The van der Waals surface area contributed by atoms with Crippen LogP contribution in [0.1, 0.15) is 71.6 Å². The summed E-state index contributed by atoms with van der Waals surface area (Å²) in [5.41, 5.74) is 6.08. The highest BCUT2D eigenvalue weighted by atomic mass is 15.2. The summed E-state index contributed by atoms with van der Waals surface area (Å²) in [5, 5.41) is 0. The van der Waals surface area contributed by atoms with Gasteiger partial charge < -0.3 is 5.73 Å². The molecular formula is C17H34N2. The quantitative estimate of drug-likeness (QED) is 0.820. The maximum absolute atomic E-state index is 6.08. The molecule has 4 atom stereocenters. The third-order valence-corrected chi connectivity index (χ3v) is 5.63. The second kappa shape index (κ2) is 7.64. The van der Waals surface area contributed by atoms with Crippen LogP contribution in [0.25, 0.3) is 0 Å². The molecule has 1 aliphatic carbocycles. The van der Waals surface area contributed by atoms with Crippen molar-refractivity contribution in [2.24, 2.45) is 17.6 Å². The standard InChI is InChI=1S/C17H34N2/c1-3-7-14-9-10-15(13-18)17(12-14)19-11-6-5-8-16(19)4-2/h14-17H,3-13,18H2,1-2H3. The lowest BCUT2D eigenvalue weighted by molar-refractivity contribution is 0.0226. The van der Waals surface area contributed by atoms with Gasteiger partial charge in [-0.15, -0.1) is 0 Å². The maximum Gasteiger partial charge on any atom is 0.0141 e. The first-order valence-corrected chi connectivity index (χ1v) is 8.75. The normalized spacial score (nSPS) is 37.4. The van der Waals surface area contributed by atoms with Crippen LogP contribution in [-0.2, 0) is 0 Å². The molecule has 1 aliphatic heterocycles. The highest BCUT2D eigenvalue weighted by molar-refractivity contribution is 4.91. The average molecular weight is 266 g/mol. The highest BCUT2D eigenvalue weighted by Crippen LogP contribution is 2.37. The largest absolute Gasteiger partial charge is 0.330 e. The molecule has 0 bridgehead atoms. The number of nitrogens with two attached hydrogens (primary N) is 1. The van der Waals surface area contributed by atoms with Crippen molar-refractivity contribution >= 4 is 0 Å². The van der Waals surface area contributed by atoms with Crippen LogP contribution in [0.3, 0.4) is 0 Å². The molecule has 0 aromatic carbocycles. The molecule has 0 radical (unpaired) electrons. The summed E-state index contributed by atoms with van der Waals surface area (Å²) < 4.78 is 0. The van der Waals surface area contributed by atoms with E-state index in [0.717, 1.165) is 30.5 Å². The van der Waals surface area contributed by atoms with Gasteiger partial charge in [0.05, 0.1) is 0 Å². The molecule has 1 heterocycles. The SMILES string of the molecule is CCCC1CCC(CN)C(N2CCCCC2CC)C1. The van der Waals surface area contributed by atoms with Crippen LogP contribution in [0.15, 0.2) is 0 Å². The van der Waals surface area contributed by atoms with Gasteiger partial charge in [-0.25, -0.2) is 0 Å². The predicted molar refractivity (Wildman–Crippen MR) is 83.2 cm³/mol. The zero-order chi connectivity index (χ0) is 13.7. The van der Waals surface area contributed by atoms with Crippen LogP contribution in [-0.4, -0.2) is 30.1 Å². The minimum absolute atomic E-state index is 0.764. The van der Waals surface area contributed by atoms with Gasteiger partial charge in [-0.3, -0.25) is 4.90 Å². The molecule has 2 rings (SSSR count). The summed E-state index contributed by atoms with van der Waals surface area (Å²) in [6.07, 6.45) is 12.6. The van der Waals surface area contributed by atoms with E-state index in [2.05, 4.69) is 18.7 Å². The van der Waals surface area contributed by atoms with Crippen LogP contribution in [0.2, 0.25) is 0 Å². The van der Waals surface area contributed by atoms with Crippen LogP contribution in [0.4, 0.5) is 0 Å². The molecular weight excluding hydrogens is 232 g/mol. The third kappa shape index (κ3) is 3.72. The average Bonchev–Trinajstić information content (AvgIpc) is 2.47. The molecule has 2 heteroatoms. The predicted octanol–water partition coefficient (Wildman–Crippen LogP) is 3.79. The fourth-order valence-electron chi connectivity index (χ4n) is 4.54. The van der Waals surface area contributed by atoms with Gasteiger partial charge in [-0.05, 0) is 57.0 Å². The molecule has 1 saturated carbocycles. The first-order chi connectivity index (χ1) is 9.30. The molecule has 0 aromatic rings. The fourth-order valence-corrected chi connectivity index (χ4v) is 4.54. The first kappa shape index (κ1) is 15.3. The minimum atomic E-state index is 0.764. The zero-order valence-electron chi connectivity index (χ0n) is 13.1. The van der Waals surface area contributed by atoms with Gasteiger partial charge >= 0.3 is 0 Å². The lowest BCUT2D eigenvalue weighted by Crippen LogP contribution is -2.52. The van der Waals surface area contributed by atoms with Crippen LogP contribution in [0.5, 0.6) is 0 Å². The van der Waals surface area contributed by atoms with Crippen molar-refractivity contribution in [1.29, 1.82) is 0 Å². The molecule has 2 N–H and O–H groups in total. The Labute approximate surface area is 120 Å². The van der Waals surface area contributed by atoms with Crippen LogP contribution < -0.4 is 5.73 Å². The number of likely N-dealkylation sites (tertiary alicyclic amines) is 1. The summed E-state index contributed by atoms with van der Waals surface area (Å²) in [6, 6.07) is 1.63. The Morgan fingerprint density at radius 3 is 2.63 bits per heavy atom. The Morgan fingerprint density at radius 1 is 1.11 bits per heavy atom. The second-order valence-corrected chi connectivity index (χ2v) is 6.83. The molecule has 19 heavy (non-hydrogen) atoms. The Kier molecular flexibility index (Phi) is 6.15. The van der Waals surface area contributed by atoms with Crippen molar-refractivity contribution in [3.63, 3.8) is 0 Å².